The van der Waals surface area contributed by atoms with Gasteiger partial charge in [-0.05, 0) is 34.2 Å². The molecule has 110 valence electrons. The third kappa shape index (κ3) is 2.20. The van der Waals surface area contributed by atoms with Crippen LogP contribution in [0.5, 0.6) is 0 Å². The van der Waals surface area contributed by atoms with Gasteiger partial charge in [0.25, 0.3) is 0 Å². The number of hydrogen-bond acceptors (Lipinski definition) is 4. The molecular weight excluding hydrogens is 253 g/mol. The van der Waals surface area contributed by atoms with E-state index in [0.717, 1.165) is 25.1 Å². The van der Waals surface area contributed by atoms with Crippen molar-refractivity contribution in [1.29, 1.82) is 0 Å². The van der Waals surface area contributed by atoms with Gasteiger partial charge >= 0.3 is 7.12 Å². The van der Waals surface area contributed by atoms with E-state index in [9.17, 15) is 0 Å². The summed E-state index contributed by atoms with van der Waals surface area (Å²) in [5.74, 6) is 0. The molecule has 0 aromatic carbocycles. The van der Waals surface area contributed by atoms with Crippen molar-refractivity contribution in [3.63, 3.8) is 0 Å². The molecule has 0 saturated carbocycles. The number of likely N-dealkylation sites (tertiary alicyclic amines) is 1. The maximum absolute atomic E-state index is 6.05. The maximum Gasteiger partial charge on any atom is 0.498 e. The highest BCUT2D eigenvalue weighted by Crippen LogP contribution is 2.36. The number of rotatable bonds is 3. The Morgan fingerprint density at radius 3 is 2.40 bits per heavy atom. The normalized spacial score (nSPS) is 25.9. The summed E-state index contributed by atoms with van der Waals surface area (Å²) in [5.41, 5.74) is 0.420. The Morgan fingerprint density at radius 2 is 1.85 bits per heavy atom. The van der Waals surface area contributed by atoms with Crippen molar-refractivity contribution >= 4 is 12.6 Å². The van der Waals surface area contributed by atoms with Crippen LogP contribution in [-0.4, -0.2) is 52.6 Å². The molecule has 0 amide bonds. The fraction of sp³-hybridized carbons (Fsp3) is 0.786. The highest BCUT2D eigenvalue weighted by atomic mass is 16.7. The van der Waals surface area contributed by atoms with Crippen LogP contribution in [0.15, 0.2) is 12.4 Å². The zero-order chi connectivity index (χ0) is 14.5. The van der Waals surface area contributed by atoms with Crippen LogP contribution in [0.4, 0.5) is 0 Å². The van der Waals surface area contributed by atoms with Gasteiger partial charge in [0.1, 0.15) is 0 Å². The first-order valence-corrected chi connectivity index (χ1v) is 7.44. The molecule has 20 heavy (non-hydrogen) atoms. The molecule has 0 N–H and O–H groups in total. The topological polar surface area (TPSA) is 39.5 Å². The number of hydrogen-bond donors (Lipinski definition) is 0. The van der Waals surface area contributed by atoms with Crippen molar-refractivity contribution in [3.8, 4) is 0 Å². The van der Waals surface area contributed by atoms with Gasteiger partial charge in [-0.15, -0.1) is 0 Å². The second kappa shape index (κ2) is 4.58. The van der Waals surface area contributed by atoms with E-state index in [1.807, 2.05) is 10.9 Å². The van der Waals surface area contributed by atoms with E-state index in [2.05, 4.69) is 50.8 Å². The maximum atomic E-state index is 6.05. The third-order valence-electron chi connectivity index (χ3n) is 4.91. The highest BCUT2D eigenvalue weighted by Gasteiger charge is 2.52. The van der Waals surface area contributed by atoms with Gasteiger partial charge in [-0.1, -0.05) is 6.92 Å². The quantitative estimate of drug-likeness (QED) is 0.774. The number of likely N-dealkylation sites (N-methyl/N-ethyl adjacent to an activating group) is 1. The Balaban J connectivity index is 1.70. The summed E-state index contributed by atoms with van der Waals surface area (Å²) >= 11 is 0. The lowest BCUT2D eigenvalue weighted by Gasteiger charge is -2.38. The lowest BCUT2D eigenvalue weighted by molar-refractivity contribution is 0.00578. The Morgan fingerprint density at radius 1 is 1.25 bits per heavy atom. The van der Waals surface area contributed by atoms with Crippen LogP contribution in [0.25, 0.3) is 0 Å². The number of nitrogens with zero attached hydrogens (tertiary/aromatic N) is 3. The van der Waals surface area contributed by atoms with E-state index in [4.69, 9.17) is 9.31 Å². The van der Waals surface area contributed by atoms with Crippen molar-refractivity contribution < 1.29 is 9.31 Å². The summed E-state index contributed by atoms with van der Waals surface area (Å²) in [6.45, 7) is 13.8. The van der Waals surface area contributed by atoms with Crippen molar-refractivity contribution in [2.45, 2.75) is 51.9 Å². The molecule has 1 aromatic rings. The Bertz CT molecular complexity index is 478. The third-order valence-corrected chi connectivity index (χ3v) is 4.91. The summed E-state index contributed by atoms with van der Waals surface area (Å²) in [5, 5.41) is 4.48. The molecule has 0 aliphatic carbocycles. The van der Waals surface area contributed by atoms with E-state index in [0.29, 0.717) is 6.04 Å². The van der Waals surface area contributed by atoms with Gasteiger partial charge in [-0.3, -0.25) is 9.58 Å². The van der Waals surface area contributed by atoms with Gasteiger partial charge in [-0.25, -0.2) is 0 Å². The molecule has 0 atom stereocenters. The van der Waals surface area contributed by atoms with Gasteiger partial charge < -0.3 is 9.31 Å². The summed E-state index contributed by atoms with van der Waals surface area (Å²) in [4.78, 5) is 2.40. The van der Waals surface area contributed by atoms with E-state index in [1.165, 1.54) is 0 Å². The van der Waals surface area contributed by atoms with E-state index in [-0.39, 0.29) is 18.3 Å². The molecule has 2 aliphatic rings. The Hall–Kier alpha value is -0.845. The van der Waals surface area contributed by atoms with Crippen LogP contribution in [0.3, 0.4) is 0 Å². The monoisotopic (exact) mass is 277 g/mol. The van der Waals surface area contributed by atoms with Crippen molar-refractivity contribution in [3.05, 3.63) is 12.4 Å². The molecule has 2 fully saturated rings. The molecule has 0 unspecified atom stereocenters. The Kier molecular flexibility index (Phi) is 3.23. The van der Waals surface area contributed by atoms with Gasteiger partial charge in [0.15, 0.2) is 0 Å². The minimum absolute atomic E-state index is 0.296. The average Bonchev–Trinajstić information content (AvgIpc) is 2.82. The molecule has 0 spiro atoms. The predicted molar refractivity (Wildman–Crippen MR) is 79.1 cm³/mol. The smallest absolute Gasteiger partial charge is 0.399 e. The minimum Gasteiger partial charge on any atom is -0.399 e. The first-order chi connectivity index (χ1) is 9.32. The van der Waals surface area contributed by atoms with E-state index in [1.54, 1.807) is 0 Å². The predicted octanol–water partition coefficient (Wildman–Crippen LogP) is 1.06. The molecule has 0 radical (unpaired) electrons. The van der Waals surface area contributed by atoms with Crippen molar-refractivity contribution in [1.82, 2.24) is 14.7 Å². The van der Waals surface area contributed by atoms with Crippen LogP contribution in [0, 0.1) is 0 Å². The molecule has 1 aromatic heterocycles. The van der Waals surface area contributed by atoms with Gasteiger partial charge in [0.2, 0.25) is 0 Å². The summed E-state index contributed by atoms with van der Waals surface area (Å²) in [7, 11) is -0.309. The highest BCUT2D eigenvalue weighted by molar-refractivity contribution is 6.61. The zero-order valence-corrected chi connectivity index (χ0v) is 13.1. The summed E-state index contributed by atoms with van der Waals surface area (Å²) in [6, 6.07) is 0.492. The lowest BCUT2D eigenvalue weighted by atomic mass is 9.82. The van der Waals surface area contributed by atoms with E-state index >= 15 is 0 Å². The molecule has 2 aliphatic heterocycles. The lowest BCUT2D eigenvalue weighted by Crippen LogP contribution is -2.47. The largest absolute Gasteiger partial charge is 0.498 e. The molecule has 2 saturated heterocycles. The molecule has 5 nitrogen and oxygen atoms in total. The van der Waals surface area contributed by atoms with Crippen LogP contribution < -0.4 is 5.46 Å². The SMILES string of the molecule is CCN1CC(n2cc(B3OC(C)(C)C(C)(C)O3)cn2)C1. The Labute approximate surface area is 121 Å². The molecule has 3 heterocycles. The van der Waals surface area contributed by atoms with Gasteiger partial charge in [0.05, 0.1) is 17.2 Å². The second-order valence-corrected chi connectivity index (χ2v) is 6.85. The van der Waals surface area contributed by atoms with Crippen molar-refractivity contribution in [2.24, 2.45) is 0 Å². The standard InChI is InChI=1S/C14H24BN3O2/c1-6-17-9-12(10-17)18-8-11(7-16-18)15-19-13(2,3)14(4,5)20-15/h7-8,12H,6,9-10H2,1-5H3. The molecular formula is C14H24BN3O2. The zero-order valence-electron chi connectivity index (χ0n) is 13.1. The van der Waals surface area contributed by atoms with Gasteiger partial charge in [-0.2, -0.15) is 5.10 Å². The van der Waals surface area contributed by atoms with Gasteiger partial charge in [0, 0.05) is 30.9 Å². The molecule has 0 bridgehead atoms. The van der Waals surface area contributed by atoms with Crippen LogP contribution in [0.1, 0.15) is 40.7 Å². The van der Waals surface area contributed by atoms with Crippen LogP contribution in [-0.2, 0) is 9.31 Å². The van der Waals surface area contributed by atoms with E-state index < -0.39 is 0 Å². The van der Waals surface area contributed by atoms with Crippen LogP contribution >= 0.6 is 0 Å². The fourth-order valence-electron chi connectivity index (χ4n) is 2.62. The fourth-order valence-corrected chi connectivity index (χ4v) is 2.62. The molecule has 3 rings (SSSR count). The summed E-state index contributed by atoms with van der Waals surface area (Å²) < 4.78 is 14.2. The van der Waals surface area contributed by atoms with Crippen LogP contribution in [0.2, 0.25) is 0 Å². The minimum atomic E-state index is -0.309. The van der Waals surface area contributed by atoms with Crippen molar-refractivity contribution in [2.75, 3.05) is 19.6 Å². The summed E-state index contributed by atoms with van der Waals surface area (Å²) in [6.07, 6.45) is 3.94. The number of aromatic nitrogens is 2. The average molecular weight is 277 g/mol. The second-order valence-electron chi connectivity index (χ2n) is 6.85. The first-order valence-electron chi connectivity index (χ1n) is 7.44. The first kappa shape index (κ1) is 14.1. The molecule has 6 heteroatoms.